The van der Waals surface area contributed by atoms with Gasteiger partial charge in [-0.3, -0.25) is 0 Å². The van der Waals surface area contributed by atoms with E-state index >= 15 is 0 Å². The summed E-state index contributed by atoms with van der Waals surface area (Å²) in [5.41, 5.74) is 1.33. The van der Waals surface area contributed by atoms with E-state index in [4.69, 9.17) is 9.57 Å². The molecule has 2 heterocycles. The molecule has 2 aliphatic rings. The molecule has 0 amide bonds. The van der Waals surface area contributed by atoms with E-state index in [0.717, 1.165) is 13.2 Å². The second-order valence-electron chi connectivity index (χ2n) is 4.17. The van der Waals surface area contributed by atoms with E-state index in [1.807, 2.05) is 6.07 Å². The van der Waals surface area contributed by atoms with Gasteiger partial charge in [0.25, 0.3) is 0 Å². The Hall–Kier alpha value is -0.900. The fourth-order valence-electron chi connectivity index (χ4n) is 2.71. The SMILES string of the molecule is CON1[C@@H]2COC[C@@H]2[C@H]1c1ccccc1. The Morgan fingerprint density at radius 1 is 1.27 bits per heavy atom. The fraction of sp³-hybridized carbons (Fsp3) is 0.500. The monoisotopic (exact) mass is 205 g/mol. The summed E-state index contributed by atoms with van der Waals surface area (Å²) in [5.74, 6) is 0.604. The Morgan fingerprint density at radius 3 is 2.80 bits per heavy atom. The molecule has 0 spiro atoms. The quantitative estimate of drug-likeness (QED) is 0.732. The molecule has 3 atom stereocenters. The topological polar surface area (TPSA) is 21.7 Å². The van der Waals surface area contributed by atoms with Gasteiger partial charge in [0.15, 0.2) is 0 Å². The van der Waals surface area contributed by atoms with Crippen molar-refractivity contribution in [1.82, 2.24) is 5.06 Å². The molecule has 0 aliphatic carbocycles. The number of rotatable bonds is 2. The summed E-state index contributed by atoms with van der Waals surface area (Å²) in [5, 5.41) is 2.06. The zero-order valence-electron chi connectivity index (χ0n) is 8.80. The van der Waals surface area contributed by atoms with Crippen molar-refractivity contribution in [3.05, 3.63) is 35.9 Å². The zero-order chi connectivity index (χ0) is 10.3. The van der Waals surface area contributed by atoms with Crippen molar-refractivity contribution in [2.24, 2.45) is 5.92 Å². The molecular weight excluding hydrogens is 190 g/mol. The Bertz CT molecular complexity index is 341. The molecule has 80 valence electrons. The molecule has 0 saturated carbocycles. The van der Waals surface area contributed by atoms with Crippen molar-refractivity contribution in [2.45, 2.75) is 12.1 Å². The molecule has 3 nitrogen and oxygen atoms in total. The Kier molecular flexibility index (Phi) is 2.24. The lowest BCUT2D eigenvalue weighted by Crippen LogP contribution is -2.56. The molecule has 1 aromatic carbocycles. The third-order valence-corrected chi connectivity index (χ3v) is 3.45. The van der Waals surface area contributed by atoms with Crippen molar-refractivity contribution in [3.63, 3.8) is 0 Å². The van der Waals surface area contributed by atoms with Crippen LogP contribution in [0.2, 0.25) is 0 Å². The molecule has 15 heavy (non-hydrogen) atoms. The lowest BCUT2D eigenvalue weighted by molar-refractivity contribution is -0.268. The average Bonchev–Trinajstić information content (AvgIpc) is 2.65. The van der Waals surface area contributed by atoms with Crippen molar-refractivity contribution in [2.75, 3.05) is 20.3 Å². The summed E-state index contributed by atoms with van der Waals surface area (Å²) in [7, 11) is 1.74. The summed E-state index contributed by atoms with van der Waals surface area (Å²) < 4.78 is 5.49. The Balaban J connectivity index is 1.86. The predicted molar refractivity (Wildman–Crippen MR) is 56.1 cm³/mol. The van der Waals surface area contributed by atoms with Gasteiger partial charge in [-0.25, -0.2) is 0 Å². The highest BCUT2D eigenvalue weighted by Gasteiger charge is 2.52. The third kappa shape index (κ3) is 1.31. The van der Waals surface area contributed by atoms with Crippen LogP contribution >= 0.6 is 0 Å². The minimum absolute atomic E-state index is 0.378. The van der Waals surface area contributed by atoms with Crippen molar-refractivity contribution >= 4 is 0 Å². The molecule has 0 N–H and O–H groups in total. The maximum Gasteiger partial charge on any atom is 0.0673 e. The molecule has 0 unspecified atom stereocenters. The second-order valence-corrected chi connectivity index (χ2v) is 4.17. The average molecular weight is 205 g/mol. The van der Waals surface area contributed by atoms with Crippen LogP contribution in [0.5, 0.6) is 0 Å². The van der Waals surface area contributed by atoms with Gasteiger partial charge in [0.05, 0.1) is 32.4 Å². The van der Waals surface area contributed by atoms with Gasteiger partial charge < -0.3 is 9.57 Å². The van der Waals surface area contributed by atoms with Gasteiger partial charge in [0.1, 0.15) is 0 Å². The van der Waals surface area contributed by atoms with Crippen LogP contribution in [0.4, 0.5) is 0 Å². The summed E-state index contributed by atoms with van der Waals surface area (Å²) >= 11 is 0. The van der Waals surface area contributed by atoms with Crippen LogP contribution < -0.4 is 0 Å². The van der Waals surface area contributed by atoms with Gasteiger partial charge in [-0.2, -0.15) is 5.06 Å². The summed E-state index contributed by atoms with van der Waals surface area (Å²) in [6.45, 7) is 1.67. The van der Waals surface area contributed by atoms with E-state index in [-0.39, 0.29) is 0 Å². The molecule has 2 fully saturated rings. The van der Waals surface area contributed by atoms with E-state index in [0.29, 0.717) is 18.0 Å². The van der Waals surface area contributed by atoms with Gasteiger partial charge in [0.2, 0.25) is 0 Å². The summed E-state index contributed by atoms with van der Waals surface area (Å²) in [6, 6.07) is 11.3. The number of hydroxylamine groups is 2. The highest BCUT2D eigenvalue weighted by atomic mass is 16.7. The van der Waals surface area contributed by atoms with Gasteiger partial charge in [-0.15, -0.1) is 0 Å². The maximum atomic E-state index is 5.49. The number of hydrogen-bond acceptors (Lipinski definition) is 3. The first-order valence-corrected chi connectivity index (χ1v) is 5.37. The largest absolute Gasteiger partial charge is 0.379 e. The number of benzene rings is 1. The molecule has 3 rings (SSSR count). The van der Waals surface area contributed by atoms with Gasteiger partial charge in [-0.05, 0) is 5.56 Å². The van der Waals surface area contributed by atoms with Gasteiger partial charge in [0, 0.05) is 5.92 Å². The van der Waals surface area contributed by atoms with Gasteiger partial charge >= 0.3 is 0 Å². The number of hydrogen-bond donors (Lipinski definition) is 0. The van der Waals surface area contributed by atoms with E-state index in [1.165, 1.54) is 5.56 Å². The Labute approximate surface area is 89.6 Å². The highest BCUT2D eigenvalue weighted by molar-refractivity contribution is 5.24. The normalized spacial score (nSPS) is 34.9. The van der Waals surface area contributed by atoms with E-state index in [1.54, 1.807) is 7.11 Å². The smallest absolute Gasteiger partial charge is 0.0673 e. The standard InChI is InChI=1S/C12H15NO2/c1-14-13-11-8-15-7-10(11)12(13)9-5-3-2-4-6-9/h2-6,10-12H,7-8H2,1H3/t10-,11+,12+/m0/s1. The molecule has 0 bridgehead atoms. The molecular formula is C12H15NO2. The van der Waals surface area contributed by atoms with Crippen LogP contribution in [0.15, 0.2) is 30.3 Å². The molecule has 2 saturated heterocycles. The van der Waals surface area contributed by atoms with E-state index < -0.39 is 0 Å². The highest BCUT2D eigenvalue weighted by Crippen LogP contribution is 2.46. The lowest BCUT2D eigenvalue weighted by Gasteiger charge is -2.49. The minimum atomic E-state index is 0.378. The fourth-order valence-corrected chi connectivity index (χ4v) is 2.71. The minimum Gasteiger partial charge on any atom is -0.379 e. The summed E-state index contributed by atoms with van der Waals surface area (Å²) in [4.78, 5) is 5.42. The van der Waals surface area contributed by atoms with Crippen LogP contribution in [0.25, 0.3) is 0 Å². The first-order chi connectivity index (χ1) is 7.42. The second kappa shape index (κ2) is 3.59. The van der Waals surface area contributed by atoms with E-state index in [2.05, 4.69) is 29.3 Å². The lowest BCUT2D eigenvalue weighted by atomic mass is 9.80. The molecule has 1 aromatic rings. The van der Waals surface area contributed by atoms with Crippen LogP contribution in [0.1, 0.15) is 11.6 Å². The first kappa shape index (κ1) is 9.33. The van der Waals surface area contributed by atoms with Crippen molar-refractivity contribution < 1.29 is 9.57 Å². The van der Waals surface area contributed by atoms with E-state index in [9.17, 15) is 0 Å². The van der Waals surface area contributed by atoms with Crippen molar-refractivity contribution in [1.29, 1.82) is 0 Å². The molecule has 2 aliphatic heterocycles. The molecule has 3 heteroatoms. The maximum absolute atomic E-state index is 5.49. The van der Waals surface area contributed by atoms with Gasteiger partial charge in [-0.1, -0.05) is 30.3 Å². The van der Waals surface area contributed by atoms with Crippen LogP contribution in [-0.4, -0.2) is 31.4 Å². The number of nitrogens with zero attached hydrogens (tertiary/aromatic N) is 1. The van der Waals surface area contributed by atoms with Crippen LogP contribution in [-0.2, 0) is 9.57 Å². The zero-order valence-corrected chi connectivity index (χ0v) is 8.80. The molecule has 0 aromatic heterocycles. The van der Waals surface area contributed by atoms with Crippen LogP contribution in [0.3, 0.4) is 0 Å². The predicted octanol–water partition coefficient (Wildman–Crippen LogP) is 1.62. The first-order valence-electron chi connectivity index (χ1n) is 5.37. The summed E-state index contributed by atoms with van der Waals surface area (Å²) in [6.07, 6.45) is 0. The third-order valence-electron chi connectivity index (χ3n) is 3.45. The van der Waals surface area contributed by atoms with Crippen molar-refractivity contribution in [3.8, 4) is 0 Å². The molecule has 0 radical (unpaired) electrons. The number of ether oxygens (including phenoxy) is 1. The Morgan fingerprint density at radius 2 is 2.07 bits per heavy atom. The number of fused-ring (bicyclic) bond motifs is 1. The van der Waals surface area contributed by atoms with Crippen LogP contribution in [0, 0.1) is 5.92 Å².